The molecule has 3 aliphatic rings. The van der Waals surface area contributed by atoms with Gasteiger partial charge in [0.05, 0.1) is 18.7 Å². The van der Waals surface area contributed by atoms with Crippen molar-refractivity contribution < 1.29 is 14.7 Å². The lowest BCUT2D eigenvalue weighted by Gasteiger charge is -2.59. The van der Waals surface area contributed by atoms with Crippen molar-refractivity contribution in [2.24, 2.45) is 5.92 Å². The SMILES string of the molecule is CC(C)NC(=O)N1[C@@H]2CN(C(=O)C3CCCCC3)c3ccccc3[C@@H]2[C@@H]1CO. The van der Waals surface area contributed by atoms with Gasteiger partial charge < -0.3 is 20.2 Å². The molecule has 1 saturated heterocycles. The van der Waals surface area contributed by atoms with E-state index in [0.29, 0.717) is 6.54 Å². The number of hydrogen-bond acceptors (Lipinski definition) is 3. The highest BCUT2D eigenvalue weighted by molar-refractivity contribution is 5.97. The third-order valence-electron chi connectivity index (χ3n) is 6.55. The summed E-state index contributed by atoms with van der Waals surface area (Å²) in [5, 5.41) is 12.9. The van der Waals surface area contributed by atoms with Gasteiger partial charge in [0.25, 0.3) is 0 Å². The summed E-state index contributed by atoms with van der Waals surface area (Å²) in [4.78, 5) is 29.8. The summed E-state index contributed by atoms with van der Waals surface area (Å²) < 4.78 is 0. The standard InChI is InChI=1S/C22H31N3O3/c1-14(2)23-22(28)25-18-12-24(21(27)15-8-4-3-5-9-15)17-11-7-6-10-16(17)20(18)19(25)13-26/h6-7,10-11,14-15,18-20,26H,3-5,8-9,12-13H2,1-2H3,(H,23,28)/t18-,19+,20+/m1/s1. The number of aliphatic hydroxyl groups excluding tert-OH is 1. The quantitative estimate of drug-likeness (QED) is 0.840. The normalized spacial score (nSPS) is 27.1. The molecular weight excluding hydrogens is 354 g/mol. The van der Waals surface area contributed by atoms with Gasteiger partial charge in [0.1, 0.15) is 0 Å². The van der Waals surface area contributed by atoms with Gasteiger partial charge in [-0.3, -0.25) is 4.79 Å². The van der Waals surface area contributed by atoms with Crippen molar-refractivity contribution in [1.29, 1.82) is 0 Å². The minimum atomic E-state index is -0.239. The van der Waals surface area contributed by atoms with Crippen molar-refractivity contribution in [1.82, 2.24) is 10.2 Å². The molecule has 1 aromatic rings. The third-order valence-corrected chi connectivity index (χ3v) is 6.55. The summed E-state index contributed by atoms with van der Waals surface area (Å²) >= 11 is 0. The van der Waals surface area contributed by atoms with E-state index in [9.17, 15) is 14.7 Å². The molecule has 0 spiro atoms. The van der Waals surface area contributed by atoms with Gasteiger partial charge in [0, 0.05) is 30.1 Å². The Labute approximate surface area is 166 Å². The average molecular weight is 386 g/mol. The number of likely N-dealkylation sites (tertiary alicyclic amines) is 1. The van der Waals surface area contributed by atoms with Crippen molar-refractivity contribution in [3.05, 3.63) is 29.8 Å². The van der Waals surface area contributed by atoms with Crippen LogP contribution in [0.5, 0.6) is 0 Å². The number of nitrogens with zero attached hydrogens (tertiary/aromatic N) is 2. The van der Waals surface area contributed by atoms with Gasteiger partial charge in [-0.1, -0.05) is 37.5 Å². The number of hydrogen-bond donors (Lipinski definition) is 2. The highest BCUT2D eigenvalue weighted by Gasteiger charge is 2.55. The summed E-state index contributed by atoms with van der Waals surface area (Å²) in [6.45, 7) is 4.30. The molecule has 1 aliphatic carbocycles. The van der Waals surface area contributed by atoms with Crippen LogP contribution in [0.3, 0.4) is 0 Å². The molecule has 3 atom stereocenters. The predicted octanol–water partition coefficient (Wildman–Crippen LogP) is 2.86. The van der Waals surface area contributed by atoms with Crippen LogP contribution in [0.1, 0.15) is 57.4 Å². The lowest BCUT2D eigenvalue weighted by atomic mass is 9.72. The number of amides is 3. The summed E-state index contributed by atoms with van der Waals surface area (Å²) in [7, 11) is 0. The number of aliphatic hydroxyl groups is 1. The Morgan fingerprint density at radius 1 is 1.18 bits per heavy atom. The Morgan fingerprint density at radius 2 is 1.89 bits per heavy atom. The summed E-state index contributed by atoms with van der Waals surface area (Å²) in [6.07, 6.45) is 5.37. The molecule has 2 heterocycles. The molecule has 0 bridgehead atoms. The fourth-order valence-electron chi connectivity index (χ4n) is 5.27. The van der Waals surface area contributed by atoms with E-state index in [0.717, 1.165) is 36.9 Å². The highest BCUT2D eigenvalue weighted by atomic mass is 16.3. The van der Waals surface area contributed by atoms with Crippen molar-refractivity contribution in [3.63, 3.8) is 0 Å². The van der Waals surface area contributed by atoms with Crippen molar-refractivity contribution in [2.45, 2.75) is 70.0 Å². The predicted molar refractivity (Wildman–Crippen MR) is 108 cm³/mol. The largest absolute Gasteiger partial charge is 0.394 e. The fourth-order valence-corrected chi connectivity index (χ4v) is 5.27. The first kappa shape index (κ1) is 19.2. The van der Waals surface area contributed by atoms with E-state index in [1.54, 1.807) is 4.90 Å². The molecule has 2 fully saturated rings. The second kappa shape index (κ2) is 7.74. The van der Waals surface area contributed by atoms with Crippen LogP contribution in [0.15, 0.2) is 24.3 Å². The Hall–Kier alpha value is -2.08. The molecule has 0 radical (unpaired) electrons. The molecule has 4 rings (SSSR count). The molecule has 0 aromatic heterocycles. The molecule has 1 aromatic carbocycles. The van der Waals surface area contributed by atoms with E-state index in [1.807, 2.05) is 43.0 Å². The number of fused-ring (bicyclic) bond motifs is 3. The van der Waals surface area contributed by atoms with Gasteiger partial charge in [-0.25, -0.2) is 4.79 Å². The number of nitrogens with one attached hydrogen (secondary N) is 1. The van der Waals surface area contributed by atoms with E-state index in [1.165, 1.54) is 6.42 Å². The summed E-state index contributed by atoms with van der Waals surface area (Å²) in [5.41, 5.74) is 2.04. The Kier molecular flexibility index (Phi) is 5.32. The van der Waals surface area contributed by atoms with Crippen LogP contribution in [0.2, 0.25) is 0 Å². The van der Waals surface area contributed by atoms with Gasteiger partial charge in [-0.15, -0.1) is 0 Å². The monoisotopic (exact) mass is 385 g/mol. The average Bonchev–Trinajstić information content (AvgIpc) is 2.68. The number of carbonyl (C=O) groups is 2. The van der Waals surface area contributed by atoms with Gasteiger partial charge in [0.2, 0.25) is 5.91 Å². The van der Waals surface area contributed by atoms with Gasteiger partial charge in [0.15, 0.2) is 0 Å². The van der Waals surface area contributed by atoms with Gasteiger partial charge in [-0.05, 0) is 38.3 Å². The number of urea groups is 1. The molecule has 6 nitrogen and oxygen atoms in total. The highest BCUT2D eigenvalue weighted by Crippen LogP contribution is 2.48. The van der Waals surface area contributed by atoms with E-state index >= 15 is 0 Å². The molecule has 1 saturated carbocycles. The Morgan fingerprint density at radius 3 is 2.57 bits per heavy atom. The molecule has 2 aliphatic heterocycles. The van der Waals surface area contributed by atoms with Crippen molar-refractivity contribution >= 4 is 17.6 Å². The molecule has 6 heteroatoms. The van der Waals surface area contributed by atoms with Crippen LogP contribution in [-0.2, 0) is 4.79 Å². The maximum absolute atomic E-state index is 13.4. The van der Waals surface area contributed by atoms with Gasteiger partial charge >= 0.3 is 6.03 Å². The number of rotatable bonds is 3. The van der Waals surface area contributed by atoms with E-state index in [2.05, 4.69) is 5.32 Å². The van der Waals surface area contributed by atoms with Crippen LogP contribution in [0.4, 0.5) is 10.5 Å². The topological polar surface area (TPSA) is 72.9 Å². The molecule has 3 amide bonds. The maximum Gasteiger partial charge on any atom is 0.318 e. The third kappa shape index (κ3) is 3.17. The first-order chi connectivity index (χ1) is 13.5. The zero-order chi connectivity index (χ0) is 19.8. The maximum atomic E-state index is 13.4. The summed E-state index contributed by atoms with van der Waals surface area (Å²) in [5.74, 6) is 0.363. The van der Waals surface area contributed by atoms with E-state index < -0.39 is 0 Å². The molecular formula is C22H31N3O3. The number of carbonyl (C=O) groups excluding carboxylic acids is 2. The second-order valence-electron chi connectivity index (χ2n) is 8.70. The number of para-hydroxylation sites is 1. The molecule has 28 heavy (non-hydrogen) atoms. The van der Waals surface area contributed by atoms with Gasteiger partial charge in [-0.2, -0.15) is 0 Å². The first-order valence-electron chi connectivity index (χ1n) is 10.6. The van der Waals surface area contributed by atoms with Crippen LogP contribution in [0.25, 0.3) is 0 Å². The minimum absolute atomic E-state index is 0.0294. The van der Waals surface area contributed by atoms with Crippen molar-refractivity contribution in [3.8, 4) is 0 Å². The zero-order valence-electron chi connectivity index (χ0n) is 16.8. The van der Waals surface area contributed by atoms with Crippen LogP contribution >= 0.6 is 0 Å². The molecule has 0 unspecified atom stereocenters. The molecule has 152 valence electrons. The minimum Gasteiger partial charge on any atom is -0.394 e. The number of anilines is 1. The van der Waals surface area contributed by atoms with Crippen LogP contribution in [0, 0.1) is 5.92 Å². The second-order valence-corrected chi connectivity index (χ2v) is 8.70. The van der Waals surface area contributed by atoms with E-state index in [4.69, 9.17) is 0 Å². The van der Waals surface area contributed by atoms with E-state index in [-0.39, 0.29) is 48.5 Å². The number of benzene rings is 1. The smallest absolute Gasteiger partial charge is 0.318 e. The van der Waals surface area contributed by atoms with Crippen LogP contribution in [-0.4, -0.2) is 53.2 Å². The lowest BCUT2D eigenvalue weighted by molar-refractivity contribution is -0.124. The fraction of sp³-hybridized carbons (Fsp3) is 0.636. The summed E-state index contributed by atoms with van der Waals surface area (Å²) in [6, 6.07) is 7.56. The lowest BCUT2D eigenvalue weighted by Crippen LogP contribution is -2.72. The Bertz CT molecular complexity index is 744. The van der Waals surface area contributed by atoms with Crippen molar-refractivity contribution in [2.75, 3.05) is 18.1 Å². The zero-order valence-corrected chi connectivity index (χ0v) is 16.8. The Balaban J connectivity index is 1.64. The van der Waals surface area contributed by atoms with Crippen LogP contribution < -0.4 is 10.2 Å². The molecule has 2 N–H and O–H groups in total. The first-order valence-corrected chi connectivity index (χ1v) is 10.6.